The fourth-order valence-electron chi connectivity index (χ4n) is 4.77. The number of ether oxygens (including phenoxy) is 4. The van der Waals surface area contributed by atoms with Gasteiger partial charge in [0.1, 0.15) is 5.75 Å². The summed E-state index contributed by atoms with van der Waals surface area (Å²) in [5.74, 6) is 1.21. The number of carbonyl (C=O) groups excluding carboxylic acids is 1. The zero-order chi connectivity index (χ0) is 31.9. The SMILES string of the molecule is Cc1cc(OCC[Si](C)(C)C)cc(/C=C/CC2OC(C)(C)OC2C(C)/C=C\[C@@H](C)C(C)C)c1C(=O)OCC[Si](C)(C)C. The normalized spacial score (nSPS) is 20.9. The van der Waals surface area contributed by atoms with E-state index in [1.165, 1.54) is 0 Å². The van der Waals surface area contributed by atoms with Gasteiger partial charge in [0.25, 0.3) is 0 Å². The molecule has 7 heteroatoms. The number of rotatable bonds is 15. The Labute approximate surface area is 259 Å². The van der Waals surface area contributed by atoms with Crippen molar-refractivity contribution in [3.05, 3.63) is 47.1 Å². The number of esters is 1. The van der Waals surface area contributed by atoms with Gasteiger partial charge in [0.2, 0.25) is 0 Å². The molecule has 0 aliphatic carbocycles. The van der Waals surface area contributed by atoms with Gasteiger partial charge >= 0.3 is 5.97 Å². The molecule has 2 rings (SSSR count). The van der Waals surface area contributed by atoms with Crippen molar-refractivity contribution in [2.75, 3.05) is 13.2 Å². The average Bonchev–Trinajstić information content (AvgIpc) is 3.14. The first-order chi connectivity index (χ1) is 19.3. The molecule has 1 aliphatic heterocycles. The van der Waals surface area contributed by atoms with Gasteiger partial charge in [-0.25, -0.2) is 4.79 Å². The van der Waals surface area contributed by atoms with Crippen molar-refractivity contribution < 1.29 is 23.7 Å². The van der Waals surface area contributed by atoms with E-state index >= 15 is 0 Å². The highest BCUT2D eigenvalue weighted by atomic mass is 28.3. The van der Waals surface area contributed by atoms with Crippen LogP contribution in [-0.4, -0.2) is 53.3 Å². The maximum Gasteiger partial charge on any atom is 0.338 e. The maximum atomic E-state index is 13.3. The smallest absolute Gasteiger partial charge is 0.338 e. The van der Waals surface area contributed by atoms with Gasteiger partial charge < -0.3 is 18.9 Å². The highest BCUT2D eigenvalue weighted by Crippen LogP contribution is 2.35. The van der Waals surface area contributed by atoms with E-state index in [9.17, 15) is 4.79 Å². The minimum absolute atomic E-state index is 0.0516. The topological polar surface area (TPSA) is 54.0 Å². The molecule has 5 nitrogen and oxygen atoms in total. The summed E-state index contributed by atoms with van der Waals surface area (Å²) in [6.45, 7) is 29.9. The highest BCUT2D eigenvalue weighted by molar-refractivity contribution is 6.76. The van der Waals surface area contributed by atoms with Crippen LogP contribution in [-0.2, 0) is 14.2 Å². The number of hydrogen-bond acceptors (Lipinski definition) is 5. The summed E-state index contributed by atoms with van der Waals surface area (Å²) in [6.07, 6.45) is 9.24. The van der Waals surface area contributed by atoms with Gasteiger partial charge in [0, 0.05) is 22.1 Å². The number of benzene rings is 1. The van der Waals surface area contributed by atoms with Crippen LogP contribution in [0.2, 0.25) is 51.4 Å². The zero-order valence-corrected chi connectivity index (χ0v) is 30.9. The Hall–Kier alpha value is -1.68. The standard InChI is InChI=1S/C35H60O5Si2/c1-25(2)26(3)17-18-27(4)33-31(39-35(6,7)40-33)16-14-15-29-24-30(37-19-21-41(8,9)10)23-28(5)32(29)34(36)38-20-22-42(11,12)13/h14-15,17-18,23-27,31,33H,16,19-22H2,1-13H3/b15-14+,18-17-/t26-,27?,31?,33?/m1/s1. The summed E-state index contributed by atoms with van der Waals surface area (Å²) in [6, 6.07) is 5.97. The van der Waals surface area contributed by atoms with Crippen molar-refractivity contribution in [3.63, 3.8) is 0 Å². The van der Waals surface area contributed by atoms with Crippen LogP contribution in [0.5, 0.6) is 5.75 Å². The molecule has 0 N–H and O–H groups in total. The van der Waals surface area contributed by atoms with Crippen molar-refractivity contribution >= 4 is 28.2 Å². The quantitative estimate of drug-likeness (QED) is 0.112. The molecule has 1 fully saturated rings. The molecule has 42 heavy (non-hydrogen) atoms. The predicted molar refractivity (Wildman–Crippen MR) is 183 cm³/mol. The van der Waals surface area contributed by atoms with E-state index in [1.807, 2.05) is 39.0 Å². The molecule has 0 radical (unpaired) electrons. The minimum atomic E-state index is -1.31. The van der Waals surface area contributed by atoms with Gasteiger partial charge in [-0.15, -0.1) is 0 Å². The van der Waals surface area contributed by atoms with Crippen LogP contribution in [0.15, 0.2) is 30.4 Å². The summed E-state index contributed by atoms with van der Waals surface area (Å²) in [5, 5.41) is 0. The molecule has 1 aromatic carbocycles. The van der Waals surface area contributed by atoms with Gasteiger partial charge in [-0.1, -0.05) is 91.3 Å². The third kappa shape index (κ3) is 12.5. The first-order valence-electron chi connectivity index (χ1n) is 15.9. The van der Waals surface area contributed by atoms with Crippen molar-refractivity contribution in [2.45, 2.75) is 124 Å². The lowest BCUT2D eigenvalue weighted by atomic mass is 9.92. The first kappa shape index (κ1) is 36.5. The Morgan fingerprint density at radius 1 is 0.952 bits per heavy atom. The molecule has 3 unspecified atom stereocenters. The fourth-order valence-corrected chi connectivity index (χ4v) is 6.20. The van der Waals surface area contributed by atoms with E-state index in [1.54, 1.807) is 0 Å². The van der Waals surface area contributed by atoms with Crippen LogP contribution < -0.4 is 4.74 Å². The summed E-state index contributed by atoms with van der Waals surface area (Å²) in [4.78, 5) is 13.3. The van der Waals surface area contributed by atoms with Crippen molar-refractivity contribution in [1.82, 2.24) is 0 Å². The van der Waals surface area contributed by atoms with Crippen LogP contribution in [0.1, 0.15) is 69.4 Å². The van der Waals surface area contributed by atoms with E-state index in [-0.39, 0.29) is 24.1 Å². The number of aryl methyl sites for hydroxylation is 1. The van der Waals surface area contributed by atoms with E-state index in [0.717, 1.165) is 29.0 Å². The lowest BCUT2D eigenvalue weighted by Gasteiger charge is -2.21. The van der Waals surface area contributed by atoms with Crippen LogP contribution in [0.3, 0.4) is 0 Å². The van der Waals surface area contributed by atoms with Crippen LogP contribution in [0.4, 0.5) is 0 Å². The van der Waals surface area contributed by atoms with E-state index in [0.29, 0.717) is 37.0 Å². The molecule has 0 amide bonds. The molecule has 0 bridgehead atoms. The van der Waals surface area contributed by atoms with Crippen molar-refractivity contribution in [2.24, 2.45) is 17.8 Å². The summed E-state index contributed by atoms with van der Waals surface area (Å²) >= 11 is 0. The van der Waals surface area contributed by atoms with Crippen molar-refractivity contribution in [1.29, 1.82) is 0 Å². The van der Waals surface area contributed by atoms with Crippen molar-refractivity contribution in [3.8, 4) is 5.75 Å². The molecular weight excluding hydrogens is 557 g/mol. The number of hydrogen-bond donors (Lipinski definition) is 0. The maximum absolute atomic E-state index is 13.3. The molecule has 1 aliphatic rings. The van der Waals surface area contributed by atoms with Gasteiger partial charge in [-0.2, -0.15) is 0 Å². The van der Waals surface area contributed by atoms with E-state index < -0.39 is 21.9 Å². The Morgan fingerprint density at radius 2 is 1.57 bits per heavy atom. The number of allylic oxidation sites excluding steroid dienone is 1. The number of carbonyl (C=O) groups is 1. The molecule has 0 saturated carbocycles. The Bertz CT molecular complexity index is 1080. The molecule has 1 saturated heterocycles. The monoisotopic (exact) mass is 616 g/mol. The zero-order valence-electron chi connectivity index (χ0n) is 28.9. The molecule has 1 aromatic rings. The lowest BCUT2D eigenvalue weighted by Crippen LogP contribution is -2.28. The van der Waals surface area contributed by atoms with Gasteiger partial charge in [-0.05, 0) is 74.4 Å². The fraction of sp³-hybridized carbons (Fsp3) is 0.686. The summed E-state index contributed by atoms with van der Waals surface area (Å²) < 4.78 is 24.7. The van der Waals surface area contributed by atoms with Crippen LogP contribution >= 0.6 is 0 Å². The lowest BCUT2D eigenvalue weighted by molar-refractivity contribution is -0.148. The first-order valence-corrected chi connectivity index (χ1v) is 23.3. The molecule has 238 valence electrons. The van der Waals surface area contributed by atoms with Crippen LogP contribution in [0.25, 0.3) is 6.08 Å². The Morgan fingerprint density at radius 3 is 2.17 bits per heavy atom. The van der Waals surface area contributed by atoms with Gasteiger partial charge in [0.05, 0.1) is 31.0 Å². The molecule has 1 heterocycles. The summed E-state index contributed by atoms with van der Waals surface area (Å²) in [7, 11) is -2.53. The molecule has 0 spiro atoms. The predicted octanol–water partition coefficient (Wildman–Crippen LogP) is 9.61. The summed E-state index contributed by atoms with van der Waals surface area (Å²) in [5.41, 5.74) is 2.30. The van der Waals surface area contributed by atoms with E-state index in [2.05, 4.69) is 85.2 Å². The average molecular weight is 617 g/mol. The molecular formula is C35H60O5Si2. The minimum Gasteiger partial charge on any atom is -0.494 e. The third-order valence-corrected chi connectivity index (χ3v) is 11.3. The van der Waals surface area contributed by atoms with Gasteiger partial charge in [-0.3, -0.25) is 0 Å². The van der Waals surface area contributed by atoms with Crippen LogP contribution in [0, 0.1) is 24.7 Å². The third-order valence-electron chi connectivity index (χ3n) is 7.93. The Kier molecular flexibility index (Phi) is 13.4. The largest absolute Gasteiger partial charge is 0.494 e. The molecule has 4 atom stereocenters. The Balaban J connectivity index is 2.29. The second kappa shape index (κ2) is 15.4. The highest BCUT2D eigenvalue weighted by Gasteiger charge is 2.42. The van der Waals surface area contributed by atoms with Gasteiger partial charge in [0.15, 0.2) is 5.79 Å². The molecule has 0 aromatic heterocycles. The van der Waals surface area contributed by atoms with E-state index in [4.69, 9.17) is 18.9 Å². The second-order valence-corrected chi connectivity index (χ2v) is 26.7. The second-order valence-electron chi connectivity index (χ2n) is 15.4.